The zero-order valence-electron chi connectivity index (χ0n) is 19.0. The van der Waals surface area contributed by atoms with Crippen molar-refractivity contribution in [2.24, 2.45) is 11.7 Å². The summed E-state index contributed by atoms with van der Waals surface area (Å²) in [5, 5.41) is 0.576. The fraction of sp³-hybridized carbons (Fsp3) is 0.458. The third kappa shape index (κ3) is 5.58. The molecule has 5 nitrogen and oxygen atoms in total. The van der Waals surface area contributed by atoms with Crippen molar-refractivity contribution in [3.63, 3.8) is 0 Å². The van der Waals surface area contributed by atoms with Gasteiger partial charge in [0.1, 0.15) is 0 Å². The van der Waals surface area contributed by atoms with Gasteiger partial charge in [0.2, 0.25) is 5.91 Å². The maximum Gasteiger partial charge on any atom is 0.416 e. The van der Waals surface area contributed by atoms with Gasteiger partial charge in [0.25, 0.3) is 0 Å². The third-order valence-electron chi connectivity index (χ3n) is 6.69. The molecule has 10 heteroatoms. The zero-order chi connectivity index (χ0) is 25.3. The van der Waals surface area contributed by atoms with E-state index in [0.717, 1.165) is 17.7 Å². The van der Waals surface area contributed by atoms with E-state index in [4.69, 9.17) is 17.3 Å². The molecule has 3 rings (SSSR count). The highest BCUT2D eigenvalue weighted by Crippen LogP contribution is 2.39. The largest absolute Gasteiger partial charge is 0.416 e. The Kier molecular flexibility index (Phi) is 7.70. The molecular formula is C24H28ClF3N2O3S. The van der Waals surface area contributed by atoms with Crippen LogP contribution in [0.2, 0.25) is 5.02 Å². The summed E-state index contributed by atoms with van der Waals surface area (Å²) in [6.45, 7) is 3.80. The smallest absolute Gasteiger partial charge is 0.343 e. The number of carbonyl (C=O) groups is 1. The van der Waals surface area contributed by atoms with Crippen molar-refractivity contribution >= 4 is 27.3 Å². The standard InChI is InChI=1S/C24H28ClF3N2O3S/c1-23(2,34(32,33)20-5-3-4-18(14-20)24(26,27)28)17-10-12-30(13-11-17)22(31)15-21(29)16-6-8-19(25)9-7-16/h3-9,14,17,21H,10-13,15,29H2,1-2H3/t21-/m1/s1. The quantitative estimate of drug-likeness (QED) is 0.569. The molecule has 1 aliphatic rings. The van der Waals surface area contributed by atoms with Gasteiger partial charge in [-0.3, -0.25) is 4.79 Å². The van der Waals surface area contributed by atoms with E-state index < -0.39 is 32.4 Å². The highest BCUT2D eigenvalue weighted by Gasteiger charge is 2.45. The first-order valence-electron chi connectivity index (χ1n) is 10.9. The first-order valence-corrected chi connectivity index (χ1v) is 12.8. The monoisotopic (exact) mass is 516 g/mol. The highest BCUT2D eigenvalue weighted by atomic mass is 35.5. The van der Waals surface area contributed by atoms with Crippen molar-refractivity contribution in [1.29, 1.82) is 0 Å². The summed E-state index contributed by atoms with van der Waals surface area (Å²) in [7, 11) is -4.05. The van der Waals surface area contributed by atoms with Crippen molar-refractivity contribution < 1.29 is 26.4 Å². The van der Waals surface area contributed by atoms with Gasteiger partial charge < -0.3 is 10.6 Å². The van der Waals surface area contributed by atoms with Crippen LogP contribution in [-0.4, -0.2) is 37.1 Å². The number of halogens is 4. The van der Waals surface area contributed by atoms with Crippen molar-refractivity contribution in [2.45, 2.75) is 55.0 Å². The number of nitrogens with two attached hydrogens (primary N) is 1. The molecule has 1 fully saturated rings. The summed E-state index contributed by atoms with van der Waals surface area (Å²) < 4.78 is 64.6. The summed E-state index contributed by atoms with van der Waals surface area (Å²) in [5.41, 5.74) is 5.96. The molecular weight excluding hydrogens is 489 g/mol. The van der Waals surface area contributed by atoms with Crippen LogP contribution in [0.1, 0.15) is 50.3 Å². The molecule has 0 aliphatic carbocycles. The van der Waals surface area contributed by atoms with Crippen LogP contribution < -0.4 is 5.73 Å². The van der Waals surface area contributed by atoms with Crippen LogP contribution >= 0.6 is 11.6 Å². The first kappa shape index (κ1) is 26.5. The number of alkyl halides is 3. The van der Waals surface area contributed by atoms with Gasteiger partial charge >= 0.3 is 6.18 Å². The molecule has 2 aromatic carbocycles. The number of carbonyl (C=O) groups excluding carboxylic acids is 1. The minimum absolute atomic E-state index is 0.109. The number of sulfone groups is 1. The maximum atomic E-state index is 13.3. The summed E-state index contributed by atoms with van der Waals surface area (Å²) in [6, 6.07) is 10.3. The predicted molar refractivity (Wildman–Crippen MR) is 125 cm³/mol. The second-order valence-electron chi connectivity index (χ2n) is 9.15. The number of likely N-dealkylation sites (tertiary alicyclic amines) is 1. The molecule has 1 aliphatic heterocycles. The Hall–Kier alpha value is -2.10. The molecule has 0 aromatic heterocycles. The minimum Gasteiger partial charge on any atom is -0.343 e. The van der Waals surface area contributed by atoms with Gasteiger partial charge in [-0.1, -0.05) is 29.8 Å². The summed E-state index contributed by atoms with van der Waals surface area (Å²) >= 11 is 5.88. The van der Waals surface area contributed by atoms with E-state index in [2.05, 4.69) is 0 Å². The van der Waals surface area contributed by atoms with Crippen LogP contribution in [0.15, 0.2) is 53.4 Å². The Morgan fingerprint density at radius 3 is 2.26 bits per heavy atom. The Morgan fingerprint density at radius 1 is 1.12 bits per heavy atom. The average Bonchev–Trinajstić information content (AvgIpc) is 2.79. The van der Waals surface area contributed by atoms with Crippen molar-refractivity contribution in [3.05, 3.63) is 64.7 Å². The number of piperidine rings is 1. The molecule has 0 bridgehead atoms. The van der Waals surface area contributed by atoms with Crippen LogP contribution in [0.4, 0.5) is 13.2 Å². The van der Waals surface area contributed by atoms with Gasteiger partial charge in [0.15, 0.2) is 9.84 Å². The van der Waals surface area contributed by atoms with Gasteiger partial charge in [-0.25, -0.2) is 8.42 Å². The molecule has 186 valence electrons. The van der Waals surface area contributed by atoms with Crippen molar-refractivity contribution in [1.82, 2.24) is 4.90 Å². The Labute approximate surface area is 203 Å². The van der Waals surface area contributed by atoms with Crippen LogP contribution in [0.25, 0.3) is 0 Å². The van der Waals surface area contributed by atoms with Crippen LogP contribution in [-0.2, 0) is 20.8 Å². The van der Waals surface area contributed by atoms with Crippen molar-refractivity contribution in [2.75, 3.05) is 13.1 Å². The van der Waals surface area contributed by atoms with E-state index in [1.54, 1.807) is 43.0 Å². The molecule has 1 atom stereocenters. The number of nitrogens with zero attached hydrogens (tertiary/aromatic N) is 1. The molecule has 2 N–H and O–H groups in total. The lowest BCUT2D eigenvalue weighted by atomic mass is 9.85. The molecule has 0 radical (unpaired) electrons. The second-order valence-corrected chi connectivity index (χ2v) is 12.1. The number of hydrogen-bond acceptors (Lipinski definition) is 4. The van der Waals surface area contributed by atoms with Gasteiger partial charge in [0.05, 0.1) is 15.2 Å². The zero-order valence-corrected chi connectivity index (χ0v) is 20.6. The van der Waals surface area contributed by atoms with E-state index in [1.807, 2.05) is 0 Å². The van der Waals surface area contributed by atoms with E-state index in [0.29, 0.717) is 37.0 Å². The molecule has 1 amide bonds. The average molecular weight is 517 g/mol. The number of rotatable bonds is 6. The Bertz CT molecular complexity index is 1130. The van der Waals surface area contributed by atoms with Crippen LogP contribution in [0.5, 0.6) is 0 Å². The van der Waals surface area contributed by atoms with Gasteiger partial charge in [-0.15, -0.1) is 0 Å². The van der Waals surface area contributed by atoms with Crippen LogP contribution in [0.3, 0.4) is 0 Å². The highest BCUT2D eigenvalue weighted by molar-refractivity contribution is 7.92. The topological polar surface area (TPSA) is 80.5 Å². The lowest BCUT2D eigenvalue weighted by Crippen LogP contribution is -2.48. The summed E-state index contributed by atoms with van der Waals surface area (Å²) in [4.78, 5) is 14.1. The van der Waals surface area contributed by atoms with Crippen LogP contribution in [0, 0.1) is 5.92 Å². The molecule has 34 heavy (non-hydrogen) atoms. The Morgan fingerprint density at radius 2 is 1.71 bits per heavy atom. The fourth-order valence-electron chi connectivity index (χ4n) is 4.33. The maximum absolute atomic E-state index is 13.3. The molecule has 1 heterocycles. The number of hydrogen-bond donors (Lipinski definition) is 1. The van der Waals surface area contributed by atoms with Gasteiger partial charge in [-0.05, 0) is 68.5 Å². The van der Waals surface area contributed by atoms with E-state index in [-0.39, 0.29) is 23.1 Å². The summed E-state index contributed by atoms with van der Waals surface area (Å²) in [6.07, 6.45) is -3.67. The molecule has 0 unspecified atom stereocenters. The number of benzene rings is 2. The third-order valence-corrected chi connectivity index (χ3v) is 9.53. The fourth-order valence-corrected chi connectivity index (χ4v) is 6.28. The molecule has 0 saturated carbocycles. The SMILES string of the molecule is CC(C)(C1CCN(C(=O)C[C@@H](N)c2ccc(Cl)cc2)CC1)S(=O)(=O)c1cccc(C(F)(F)F)c1. The molecule has 0 spiro atoms. The molecule has 1 saturated heterocycles. The van der Waals surface area contributed by atoms with Crippen molar-refractivity contribution in [3.8, 4) is 0 Å². The lowest BCUT2D eigenvalue weighted by molar-refractivity contribution is -0.137. The van der Waals surface area contributed by atoms with E-state index >= 15 is 0 Å². The molecule has 2 aromatic rings. The first-order chi connectivity index (χ1) is 15.7. The minimum atomic E-state index is -4.63. The van der Waals surface area contributed by atoms with E-state index in [9.17, 15) is 26.4 Å². The Balaban J connectivity index is 1.66. The van der Waals surface area contributed by atoms with E-state index in [1.165, 1.54) is 6.07 Å². The lowest BCUT2D eigenvalue weighted by Gasteiger charge is -2.40. The normalized spacial score (nSPS) is 17.0. The van der Waals surface area contributed by atoms with Gasteiger partial charge in [0, 0.05) is 30.6 Å². The predicted octanol–water partition coefficient (Wildman–Crippen LogP) is 5.24. The van der Waals surface area contributed by atoms with Gasteiger partial charge in [-0.2, -0.15) is 13.2 Å². The summed E-state index contributed by atoms with van der Waals surface area (Å²) in [5.74, 6) is -0.444. The second kappa shape index (κ2) is 9.87. The number of amides is 1.